The van der Waals surface area contributed by atoms with E-state index in [1.54, 1.807) is 0 Å². The number of aryl methyl sites for hydroxylation is 1. The summed E-state index contributed by atoms with van der Waals surface area (Å²) in [4.78, 5) is 11.9. The molecule has 2 unspecified atom stereocenters. The number of ether oxygens (including phenoxy) is 1. The Kier molecular flexibility index (Phi) is 5.82. The first-order valence-corrected chi connectivity index (χ1v) is 6.06. The Morgan fingerprint density at radius 2 is 2.22 bits per heavy atom. The van der Waals surface area contributed by atoms with Crippen molar-refractivity contribution in [2.75, 3.05) is 20.3 Å². The highest BCUT2D eigenvalue weighted by Gasteiger charge is 2.16. The third-order valence-corrected chi connectivity index (χ3v) is 2.81. The van der Waals surface area contributed by atoms with E-state index >= 15 is 0 Å². The number of hydrogen-bond acceptors (Lipinski definition) is 3. The molecule has 18 heavy (non-hydrogen) atoms. The van der Waals surface area contributed by atoms with Crippen molar-refractivity contribution in [1.82, 2.24) is 5.32 Å². The molecule has 2 N–H and O–H groups in total. The molecule has 0 spiro atoms. The fourth-order valence-corrected chi connectivity index (χ4v) is 1.71. The van der Waals surface area contributed by atoms with E-state index in [2.05, 4.69) is 5.32 Å². The average molecular weight is 251 g/mol. The molecule has 4 heteroatoms. The molecule has 0 aliphatic carbocycles. The molecule has 0 fully saturated rings. The normalized spacial score (nSPS) is 14.0. The Hall–Kier alpha value is -1.39. The summed E-state index contributed by atoms with van der Waals surface area (Å²) in [5.41, 5.74) is 2.11. The molecule has 0 radical (unpaired) electrons. The molecule has 1 aromatic carbocycles. The van der Waals surface area contributed by atoms with Gasteiger partial charge in [-0.2, -0.15) is 0 Å². The summed E-state index contributed by atoms with van der Waals surface area (Å²) in [5.74, 6) is -0.310. The van der Waals surface area contributed by atoms with E-state index in [4.69, 9.17) is 4.74 Å². The fourth-order valence-electron chi connectivity index (χ4n) is 1.71. The van der Waals surface area contributed by atoms with Gasteiger partial charge in [-0.1, -0.05) is 29.8 Å². The van der Waals surface area contributed by atoms with Gasteiger partial charge in [-0.15, -0.1) is 0 Å². The Labute approximate surface area is 108 Å². The molecule has 0 saturated carbocycles. The molecule has 4 nitrogen and oxygen atoms in total. The minimum atomic E-state index is -0.663. The van der Waals surface area contributed by atoms with Crippen molar-refractivity contribution < 1.29 is 14.6 Å². The van der Waals surface area contributed by atoms with Crippen molar-refractivity contribution in [1.29, 1.82) is 0 Å². The van der Waals surface area contributed by atoms with Gasteiger partial charge in [0, 0.05) is 13.7 Å². The maximum absolute atomic E-state index is 11.9. The maximum atomic E-state index is 11.9. The average Bonchev–Trinajstić information content (AvgIpc) is 2.35. The molecule has 0 aliphatic heterocycles. The lowest BCUT2D eigenvalue weighted by Crippen LogP contribution is -2.36. The van der Waals surface area contributed by atoms with Crippen LogP contribution in [0.3, 0.4) is 0 Å². The van der Waals surface area contributed by atoms with Crippen LogP contribution in [0, 0.1) is 6.92 Å². The van der Waals surface area contributed by atoms with Gasteiger partial charge in [0.1, 0.15) is 0 Å². The summed E-state index contributed by atoms with van der Waals surface area (Å²) >= 11 is 0. The highest BCUT2D eigenvalue weighted by Crippen LogP contribution is 2.16. The largest absolute Gasteiger partial charge is 0.389 e. The highest BCUT2D eigenvalue weighted by atomic mass is 16.5. The minimum absolute atomic E-state index is 0.0873. The molecular weight excluding hydrogens is 230 g/mol. The number of carbonyl (C=O) groups is 1. The number of carbonyl (C=O) groups excluding carboxylic acids is 1. The van der Waals surface area contributed by atoms with E-state index in [9.17, 15) is 9.90 Å². The molecule has 1 aromatic rings. The second kappa shape index (κ2) is 7.13. The number of methoxy groups -OCH3 is 1. The van der Waals surface area contributed by atoms with Crippen molar-refractivity contribution >= 4 is 5.91 Å². The molecule has 0 aliphatic rings. The first kappa shape index (κ1) is 14.7. The number of aliphatic hydroxyl groups excluding tert-OH is 1. The summed E-state index contributed by atoms with van der Waals surface area (Å²) in [6.45, 7) is 4.28. The Bertz CT molecular complexity index is 392. The van der Waals surface area contributed by atoms with Gasteiger partial charge >= 0.3 is 0 Å². The predicted molar refractivity (Wildman–Crippen MR) is 70.5 cm³/mol. The van der Waals surface area contributed by atoms with Crippen LogP contribution in [0.15, 0.2) is 24.3 Å². The van der Waals surface area contributed by atoms with Crippen LogP contribution in [0.5, 0.6) is 0 Å². The SMILES string of the molecule is COCC(O)CNC(=O)C(C)c1cccc(C)c1. The summed E-state index contributed by atoms with van der Waals surface area (Å²) in [7, 11) is 1.51. The second-order valence-corrected chi connectivity index (χ2v) is 4.49. The quantitative estimate of drug-likeness (QED) is 0.799. The number of hydrogen-bond donors (Lipinski definition) is 2. The molecule has 100 valence electrons. The zero-order valence-corrected chi connectivity index (χ0v) is 11.1. The molecule has 0 bridgehead atoms. The van der Waals surface area contributed by atoms with E-state index in [-0.39, 0.29) is 25.0 Å². The van der Waals surface area contributed by atoms with Gasteiger partial charge in [-0.25, -0.2) is 0 Å². The molecule has 0 heterocycles. The van der Waals surface area contributed by atoms with Crippen LogP contribution >= 0.6 is 0 Å². The van der Waals surface area contributed by atoms with E-state index in [1.165, 1.54) is 7.11 Å². The first-order chi connectivity index (χ1) is 8.54. The Morgan fingerprint density at radius 1 is 1.50 bits per heavy atom. The first-order valence-electron chi connectivity index (χ1n) is 6.06. The number of amides is 1. The smallest absolute Gasteiger partial charge is 0.227 e. The summed E-state index contributed by atoms with van der Waals surface area (Å²) in [6, 6.07) is 7.86. The minimum Gasteiger partial charge on any atom is -0.389 e. The monoisotopic (exact) mass is 251 g/mol. The number of nitrogens with one attached hydrogen (secondary N) is 1. The van der Waals surface area contributed by atoms with Crippen LogP contribution in [0.2, 0.25) is 0 Å². The van der Waals surface area contributed by atoms with E-state index < -0.39 is 6.10 Å². The zero-order chi connectivity index (χ0) is 13.5. The van der Waals surface area contributed by atoms with Crippen LogP contribution in [0.4, 0.5) is 0 Å². The van der Waals surface area contributed by atoms with Crippen LogP contribution in [0.1, 0.15) is 24.0 Å². The van der Waals surface area contributed by atoms with Gasteiger partial charge in [-0.3, -0.25) is 4.79 Å². The Morgan fingerprint density at radius 3 is 2.83 bits per heavy atom. The van der Waals surface area contributed by atoms with Gasteiger partial charge in [0.15, 0.2) is 0 Å². The number of rotatable bonds is 6. The van der Waals surface area contributed by atoms with Gasteiger partial charge in [0.25, 0.3) is 0 Å². The third kappa shape index (κ3) is 4.47. The lowest BCUT2D eigenvalue weighted by molar-refractivity contribution is -0.122. The van der Waals surface area contributed by atoms with E-state index in [0.29, 0.717) is 0 Å². The molecular formula is C14H21NO3. The summed E-state index contributed by atoms with van der Waals surface area (Å²) < 4.78 is 4.80. The van der Waals surface area contributed by atoms with Gasteiger partial charge in [-0.05, 0) is 19.4 Å². The lowest BCUT2D eigenvalue weighted by atomic mass is 9.98. The Balaban J connectivity index is 2.51. The molecule has 0 saturated heterocycles. The predicted octanol–water partition coefficient (Wildman–Crippen LogP) is 1.22. The van der Waals surface area contributed by atoms with Crippen molar-refractivity contribution in [3.05, 3.63) is 35.4 Å². The van der Waals surface area contributed by atoms with Crippen LogP contribution in [-0.4, -0.2) is 37.4 Å². The number of benzene rings is 1. The van der Waals surface area contributed by atoms with Crippen LogP contribution < -0.4 is 5.32 Å². The highest BCUT2D eigenvalue weighted by molar-refractivity contribution is 5.83. The number of aliphatic hydroxyl groups is 1. The zero-order valence-electron chi connectivity index (χ0n) is 11.1. The van der Waals surface area contributed by atoms with Crippen molar-refractivity contribution in [3.8, 4) is 0 Å². The molecule has 2 atom stereocenters. The van der Waals surface area contributed by atoms with Crippen LogP contribution in [0.25, 0.3) is 0 Å². The molecule has 1 rings (SSSR count). The molecule has 0 aromatic heterocycles. The van der Waals surface area contributed by atoms with E-state index in [1.807, 2.05) is 38.1 Å². The summed E-state index contributed by atoms with van der Waals surface area (Å²) in [6.07, 6.45) is -0.663. The third-order valence-electron chi connectivity index (χ3n) is 2.81. The molecule has 1 amide bonds. The summed E-state index contributed by atoms with van der Waals surface area (Å²) in [5, 5.41) is 12.2. The lowest BCUT2D eigenvalue weighted by Gasteiger charge is -2.15. The van der Waals surface area contributed by atoms with Gasteiger partial charge in [0.05, 0.1) is 18.6 Å². The maximum Gasteiger partial charge on any atom is 0.227 e. The topological polar surface area (TPSA) is 58.6 Å². The second-order valence-electron chi connectivity index (χ2n) is 4.49. The van der Waals surface area contributed by atoms with Crippen LogP contribution in [-0.2, 0) is 9.53 Å². The standard InChI is InChI=1S/C14H21NO3/c1-10-5-4-6-12(7-10)11(2)14(17)15-8-13(16)9-18-3/h4-7,11,13,16H,8-9H2,1-3H3,(H,15,17). The van der Waals surface area contributed by atoms with Crippen molar-refractivity contribution in [2.45, 2.75) is 25.9 Å². The fraction of sp³-hybridized carbons (Fsp3) is 0.500. The van der Waals surface area contributed by atoms with Crippen molar-refractivity contribution in [3.63, 3.8) is 0 Å². The van der Waals surface area contributed by atoms with Crippen molar-refractivity contribution in [2.24, 2.45) is 0 Å². The van der Waals surface area contributed by atoms with Gasteiger partial charge < -0.3 is 15.2 Å². The van der Waals surface area contributed by atoms with E-state index in [0.717, 1.165) is 11.1 Å². The van der Waals surface area contributed by atoms with Gasteiger partial charge in [0.2, 0.25) is 5.91 Å².